The Balaban J connectivity index is 1.91. The van der Waals surface area contributed by atoms with Crippen LogP contribution in [-0.4, -0.2) is 18.0 Å². The van der Waals surface area contributed by atoms with Gasteiger partial charge in [0, 0.05) is 13.1 Å². The minimum atomic E-state index is 0.882. The van der Waals surface area contributed by atoms with Crippen molar-refractivity contribution in [1.82, 2.24) is 4.90 Å². The van der Waals surface area contributed by atoms with Gasteiger partial charge in [0.15, 0.2) is 0 Å². The smallest absolute Gasteiger partial charge is 0.0233 e. The fourth-order valence-electron chi connectivity index (χ4n) is 2.27. The number of hydrogen-bond donors (Lipinski definition) is 0. The van der Waals surface area contributed by atoms with Gasteiger partial charge in [-0.3, -0.25) is 4.90 Å². The molecule has 2 rings (SSSR count). The molecule has 0 N–H and O–H groups in total. The summed E-state index contributed by atoms with van der Waals surface area (Å²) in [6.45, 7) is 6.04. The first-order valence-electron chi connectivity index (χ1n) is 5.61. The quantitative estimate of drug-likeness (QED) is 0.691. The van der Waals surface area contributed by atoms with Crippen LogP contribution < -0.4 is 0 Å². The summed E-state index contributed by atoms with van der Waals surface area (Å²) in [5.74, 6) is 0.882. The molecule has 1 saturated heterocycles. The molecule has 0 radical (unpaired) electrons. The van der Waals surface area contributed by atoms with Gasteiger partial charge in [0.1, 0.15) is 0 Å². The molecule has 0 bridgehead atoms. The molecular weight excluding hydrogens is 170 g/mol. The Kier molecular flexibility index (Phi) is 3.20. The van der Waals surface area contributed by atoms with Crippen LogP contribution in [0.2, 0.25) is 0 Å². The number of benzene rings is 1. The zero-order valence-corrected chi connectivity index (χ0v) is 8.95. The minimum Gasteiger partial charge on any atom is -0.299 e. The Morgan fingerprint density at radius 2 is 2.07 bits per heavy atom. The predicted octanol–water partition coefficient (Wildman–Crippen LogP) is 2.92. The molecule has 0 aromatic heterocycles. The molecule has 1 aromatic rings. The van der Waals surface area contributed by atoms with Crippen molar-refractivity contribution in [3.63, 3.8) is 0 Å². The molecular formula is C13H19N. The Hall–Kier alpha value is -0.820. The standard InChI is InChI=1S/C13H19N/c1-12-6-5-9-14(10-12)11-13-7-3-2-4-8-13/h2-4,7-8,12H,5-6,9-11H2,1H3. The molecule has 1 atom stereocenters. The van der Waals surface area contributed by atoms with Crippen LogP contribution in [0.25, 0.3) is 0 Å². The van der Waals surface area contributed by atoms with Crippen molar-refractivity contribution in [1.29, 1.82) is 0 Å². The first-order valence-corrected chi connectivity index (χ1v) is 5.61. The molecule has 0 amide bonds. The average molecular weight is 189 g/mol. The molecule has 1 unspecified atom stereocenters. The molecule has 0 saturated carbocycles. The van der Waals surface area contributed by atoms with E-state index in [1.54, 1.807) is 0 Å². The average Bonchev–Trinajstić information content (AvgIpc) is 2.19. The maximum atomic E-state index is 2.57. The summed E-state index contributed by atoms with van der Waals surface area (Å²) in [6, 6.07) is 10.8. The SMILES string of the molecule is CC1CCCN(Cc2ccccc2)C1. The molecule has 76 valence electrons. The van der Waals surface area contributed by atoms with Crippen molar-refractivity contribution in [2.24, 2.45) is 5.92 Å². The van der Waals surface area contributed by atoms with Crippen LogP contribution in [0, 0.1) is 5.92 Å². The largest absolute Gasteiger partial charge is 0.299 e. The second-order valence-electron chi connectivity index (χ2n) is 4.47. The summed E-state index contributed by atoms with van der Waals surface area (Å²) in [7, 11) is 0. The maximum Gasteiger partial charge on any atom is 0.0233 e. The van der Waals surface area contributed by atoms with E-state index in [9.17, 15) is 0 Å². The Bertz CT molecular complexity index is 268. The van der Waals surface area contributed by atoms with Crippen molar-refractivity contribution in [3.05, 3.63) is 35.9 Å². The molecule has 0 spiro atoms. The molecule has 1 heterocycles. The summed E-state index contributed by atoms with van der Waals surface area (Å²) in [5, 5.41) is 0. The fraction of sp³-hybridized carbons (Fsp3) is 0.538. The van der Waals surface area contributed by atoms with Crippen molar-refractivity contribution >= 4 is 0 Å². The van der Waals surface area contributed by atoms with E-state index in [2.05, 4.69) is 42.2 Å². The lowest BCUT2D eigenvalue weighted by Crippen LogP contribution is -2.33. The van der Waals surface area contributed by atoms with Crippen LogP contribution >= 0.6 is 0 Å². The van der Waals surface area contributed by atoms with Crippen molar-refractivity contribution < 1.29 is 0 Å². The van der Waals surface area contributed by atoms with Crippen LogP contribution in [0.3, 0.4) is 0 Å². The van der Waals surface area contributed by atoms with Gasteiger partial charge in [-0.2, -0.15) is 0 Å². The van der Waals surface area contributed by atoms with E-state index in [1.807, 2.05) is 0 Å². The highest BCUT2D eigenvalue weighted by molar-refractivity contribution is 5.14. The van der Waals surface area contributed by atoms with Gasteiger partial charge in [-0.15, -0.1) is 0 Å². The number of piperidine rings is 1. The van der Waals surface area contributed by atoms with E-state index in [1.165, 1.54) is 31.5 Å². The zero-order valence-electron chi connectivity index (χ0n) is 8.95. The monoisotopic (exact) mass is 189 g/mol. The van der Waals surface area contributed by atoms with Crippen LogP contribution in [0.15, 0.2) is 30.3 Å². The van der Waals surface area contributed by atoms with Crippen molar-refractivity contribution in [2.45, 2.75) is 26.3 Å². The predicted molar refractivity (Wildman–Crippen MR) is 60.1 cm³/mol. The van der Waals surface area contributed by atoms with Gasteiger partial charge in [0.2, 0.25) is 0 Å². The highest BCUT2D eigenvalue weighted by Gasteiger charge is 2.15. The second kappa shape index (κ2) is 4.61. The Labute approximate surface area is 86.7 Å². The Morgan fingerprint density at radius 1 is 1.29 bits per heavy atom. The van der Waals surface area contributed by atoms with E-state index < -0.39 is 0 Å². The summed E-state index contributed by atoms with van der Waals surface area (Å²) in [4.78, 5) is 2.57. The van der Waals surface area contributed by atoms with Gasteiger partial charge in [-0.1, -0.05) is 37.3 Å². The number of likely N-dealkylation sites (tertiary alicyclic amines) is 1. The van der Waals surface area contributed by atoms with Gasteiger partial charge >= 0.3 is 0 Å². The van der Waals surface area contributed by atoms with Gasteiger partial charge in [0.05, 0.1) is 0 Å². The third kappa shape index (κ3) is 2.58. The molecule has 14 heavy (non-hydrogen) atoms. The highest BCUT2D eigenvalue weighted by atomic mass is 15.1. The molecule has 0 aliphatic carbocycles. The third-order valence-corrected chi connectivity index (χ3v) is 2.99. The van der Waals surface area contributed by atoms with E-state index in [4.69, 9.17) is 0 Å². The van der Waals surface area contributed by atoms with Crippen LogP contribution in [0.1, 0.15) is 25.3 Å². The first-order chi connectivity index (χ1) is 6.84. The van der Waals surface area contributed by atoms with Gasteiger partial charge in [-0.05, 0) is 30.9 Å². The minimum absolute atomic E-state index is 0.882. The zero-order chi connectivity index (χ0) is 9.80. The number of rotatable bonds is 2. The van der Waals surface area contributed by atoms with Crippen LogP contribution in [0.5, 0.6) is 0 Å². The molecule has 1 heteroatoms. The molecule has 1 aliphatic rings. The summed E-state index contributed by atoms with van der Waals surface area (Å²) in [5.41, 5.74) is 1.45. The van der Waals surface area contributed by atoms with Gasteiger partial charge in [-0.25, -0.2) is 0 Å². The number of nitrogens with zero attached hydrogens (tertiary/aromatic N) is 1. The molecule has 1 aliphatic heterocycles. The summed E-state index contributed by atoms with van der Waals surface area (Å²) in [6.07, 6.45) is 2.78. The fourth-order valence-corrected chi connectivity index (χ4v) is 2.27. The second-order valence-corrected chi connectivity index (χ2v) is 4.47. The van der Waals surface area contributed by atoms with E-state index in [-0.39, 0.29) is 0 Å². The van der Waals surface area contributed by atoms with Gasteiger partial charge < -0.3 is 0 Å². The lowest BCUT2D eigenvalue weighted by molar-refractivity contribution is 0.176. The van der Waals surface area contributed by atoms with Crippen molar-refractivity contribution in [2.75, 3.05) is 13.1 Å². The first kappa shape index (κ1) is 9.72. The lowest BCUT2D eigenvalue weighted by Gasteiger charge is -2.30. The van der Waals surface area contributed by atoms with E-state index in [0.717, 1.165) is 12.5 Å². The topological polar surface area (TPSA) is 3.24 Å². The van der Waals surface area contributed by atoms with E-state index in [0.29, 0.717) is 0 Å². The van der Waals surface area contributed by atoms with E-state index >= 15 is 0 Å². The van der Waals surface area contributed by atoms with Gasteiger partial charge in [0.25, 0.3) is 0 Å². The molecule has 1 aromatic carbocycles. The number of hydrogen-bond acceptors (Lipinski definition) is 1. The Morgan fingerprint density at radius 3 is 2.79 bits per heavy atom. The van der Waals surface area contributed by atoms with Crippen molar-refractivity contribution in [3.8, 4) is 0 Å². The third-order valence-electron chi connectivity index (χ3n) is 2.99. The summed E-state index contributed by atoms with van der Waals surface area (Å²) >= 11 is 0. The molecule has 1 fully saturated rings. The molecule has 1 nitrogen and oxygen atoms in total. The van der Waals surface area contributed by atoms with Crippen LogP contribution in [0.4, 0.5) is 0 Å². The lowest BCUT2D eigenvalue weighted by atomic mass is 10.00. The maximum absolute atomic E-state index is 2.57. The van der Waals surface area contributed by atoms with Crippen LogP contribution in [-0.2, 0) is 6.54 Å². The highest BCUT2D eigenvalue weighted by Crippen LogP contribution is 2.17. The normalized spacial score (nSPS) is 23.6. The summed E-state index contributed by atoms with van der Waals surface area (Å²) < 4.78 is 0.